The van der Waals surface area contributed by atoms with Crippen molar-refractivity contribution in [2.75, 3.05) is 32.2 Å². The highest BCUT2D eigenvalue weighted by Crippen LogP contribution is 2.44. The van der Waals surface area contributed by atoms with Crippen LogP contribution in [0, 0.1) is 34.2 Å². The van der Waals surface area contributed by atoms with Crippen LogP contribution >= 0.6 is 7.82 Å². The molecular formula is C41H60N7O9P. The molecule has 2 aromatic heterocycles. The summed E-state index contributed by atoms with van der Waals surface area (Å²) in [5.74, 6) is 0.130. The van der Waals surface area contributed by atoms with E-state index in [4.69, 9.17) is 29.0 Å². The molecule has 16 nitrogen and oxygen atoms in total. The minimum Gasteiger partial charge on any atom is -0.419 e. The number of phosphoric acid groups is 1. The maximum atomic E-state index is 13.0. The second-order valence-corrected chi connectivity index (χ2v) is 15.9. The molecule has 58 heavy (non-hydrogen) atoms. The molecular weight excluding hydrogens is 765 g/mol. The van der Waals surface area contributed by atoms with Gasteiger partial charge in [0.05, 0.1) is 55.4 Å². The van der Waals surface area contributed by atoms with Crippen LogP contribution in [0.1, 0.15) is 138 Å². The second-order valence-electron chi connectivity index (χ2n) is 14.4. The molecule has 0 radical (unpaired) electrons. The molecule has 2 heterocycles. The molecule has 0 fully saturated rings. The van der Waals surface area contributed by atoms with Crippen LogP contribution in [-0.4, -0.2) is 74.4 Å². The van der Waals surface area contributed by atoms with E-state index in [1.54, 1.807) is 12.1 Å². The molecule has 5 atom stereocenters. The molecule has 0 amide bonds. The highest BCUT2D eigenvalue weighted by Gasteiger charge is 2.35. The molecule has 318 valence electrons. The second kappa shape index (κ2) is 27.5. The summed E-state index contributed by atoms with van der Waals surface area (Å²) in [5.41, 5.74) is 7.39. The Morgan fingerprint density at radius 1 is 0.810 bits per heavy atom. The maximum Gasteiger partial charge on any atom is 0.472 e. The zero-order valence-corrected chi connectivity index (χ0v) is 34.5. The fourth-order valence-electron chi connectivity index (χ4n) is 6.46. The smallest absolute Gasteiger partial charge is 0.419 e. The number of aliphatic hydroxyl groups excluding tert-OH is 2. The lowest BCUT2D eigenvalue weighted by Gasteiger charge is -2.25. The number of hydrogen-bond acceptors (Lipinski definition) is 14. The summed E-state index contributed by atoms with van der Waals surface area (Å²) < 4.78 is 41.2. The van der Waals surface area contributed by atoms with Gasteiger partial charge in [-0.1, -0.05) is 103 Å². The molecule has 0 aliphatic rings. The monoisotopic (exact) mass is 825 g/mol. The summed E-state index contributed by atoms with van der Waals surface area (Å²) in [6, 6.07) is 11.6. The lowest BCUT2D eigenvalue weighted by molar-refractivity contribution is -0.0821. The van der Waals surface area contributed by atoms with Crippen molar-refractivity contribution in [2.45, 2.75) is 141 Å². The third-order valence-electron chi connectivity index (χ3n) is 9.73. The number of phosphoric ester groups is 1. The van der Waals surface area contributed by atoms with Crippen molar-refractivity contribution < 1.29 is 42.9 Å². The number of rotatable bonds is 32. The van der Waals surface area contributed by atoms with Gasteiger partial charge in [-0.3, -0.25) is 9.05 Å². The van der Waals surface area contributed by atoms with Crippen molar-refractivity contribution in [3.63, 3.8) is 0 Å². The van der Waals surface area contributed by atoms with Gasteiger partial charge in [0.1, 0.15) is 30.2 Å². The van der Waals surface area contributed by atoms with Gasteiger partial charge in [0.15, 0.2) is 11.9 Å². The summed E-state index contributed by atoms with van der Waals surface area (Å²) in [6.07, 6.45) is 16.7. The van der Waals surface area contributed by atoms with Crippen LogP contribution in [0.5, 0.6) is 0 Å². The third-order valence-corrected chi connectivity index (χ3v) is 10.7. The van der Waals surface area contributed by atoms with Gasteiger partial charge in [-0.05, 0) is 42.3 Å². The minimum absolute atomic E-state index is 0.00615. The van der Waals surface area contributed by atoms with Crippen molar-refractivity contribution in [1.29, 1.82) is 15.8 Å². The van der Waals surface area contributed by atoms with Gasteiger partial charge in [-0.25, -0.2) is 14.1 Å². The summed E-state index contributed by atoms with van der Waals surface area (Å²) in [6.45, 7) is 1.37. The van der Waals surface area contributed by atoms with Crippen molar-refractivity contribution in [3.8, 4) is 18.4 Å². The number of aromatic nitrogens is 3. The summed E-state index contributed by atoms with van der Waals surface area (Å²) in [5, 5.41) is 53.7. The van der Waals surface area contributed by atoms with Gasteiger partial charge in [0.2, 0.25) is 0 Å². The lowest BCUT2D eigenvalue weighted by Crippen LogP contribution is -2.37. The van der Waals surface area contributed by atoms with Crippen LogP contribution in [0.4, 0.5) is 5.82 Å². The number of nitriles is 3. The van der Waals surface area contributed by atoms with E-state index in [-0.39, 0.29) is 35.9 Å². The number of benzene rings is 1. The summed E-state index contributed by atoms with van der Waals surface area (Å²) in [7, 11) is -4.85. The lowest BCUT2D eigenvalue weighted by atomic mass is 10.0. The molecule has 0 bridgehead atoms. The molecule has 0 spiro atoms. The number of anilines is 1. The van der Waals surface area contributed by atoms with Gasteiger partial charge >= 0.3 is 7.82 Å². The fraction of sp³-hybridized carbons (Fsp3) is 0.634. The van der Waals surface area contributed by atoms with Crippen molar-refractivity contribution in [2.24, 2.45) is 0 Å². The molecule has 0 saturated heterocycles. The Morgan fingerprint density at radius 3 is 1.95 bits per heavy atom. The average Bonchev–Trinajstić information content (AvgIpc) is 3.67. The summed E-state index contributed by atoms with van der Waals surface area (Å²) >= 11 is 0. The topological polar surface area (TPSA) is 251 Å². The van der Waals surface area contributed by atoms with Crippen molar-refractivity contribution in [3.05, 3.63) is 59.0 Å². The number of ether oxygens (including phenoxy) is 3. The summed E-state index contributed by atoms with van der Waals surface area (Å²) in [4.78, 5) is 14.4. The SMILES string of the molecule is CCCCCCCCCCCCCCCCCCOC[C@H](COP(=O)(O)OC[C@@H](OC#N)[C@@H](O)[C@@H](O)c1ccc2c(N)ncnn12)OCc1cc(C#N)cc(C#N)c1. The quantitative estimate of drug-likeness (QED) is 0.0273. The standard InChI is InChI=1S/C41H60N7O9P/c1-2-3-4-5-6-7-8-9-10-11-12-13-14-15-16-17-20-53-27-35(54-26-34-22-32(24-42)21-33(23-34)25-43)28-56-58(51,52)57-29-38(55-30-44)40(50)39(49)36-18-19-37-41(45)46-31-47-48(36)37/h18-19,21-23,31,35,38-40,49-50H,2-17,20,26-29H2,1H3,(H,51,52)(H2,45,46,47)/t35-,38-,39+,40-/m1/s1. The van der Waals surface area contributed by atoms with E-state index in [0.29, 0.717) is 17.7 Å². The molecule has 3 aromatic rings. The van der Waals surface area contributed by atoms with Crippen LogP contribution in [0.3, 0.4) is 0 Å². The molecule has 0 saturated carbocycles. The van der Waals surface area contributed by atoms with Crippen LogP contribution in [0.2, 0.25) is 0 Å². The number of unbranched alkanes of at least 4 members (excludes halogenated alkanes) is 15. The normalized spacial score (nSPS) is 14.5. The number of nitrogens with zero attached hydrogens (tertiary/aromatic N) is 6. The zero-order valence-electron chi connectivity index (χ0n) is 33.6. The van der Waals surface area contributed by atoms with Crippen LogP contribution in [0.25, 0.3) is 5.52 Å². The number of aliphatic hydroxyl groups is 2. The number of nitrogen functional groups attached to an aromatic ring is 1. The van der Waals surface area contributed by atoms with Crippen molar-refractivity contribution >= 4 is 19.2 Å². The van der Waals surface area contributed by atoms with E-state index in [9.17, 15) is 35.5 Å². The third kappa shape index (κ3) is 17.8. The highest BCUT2D eigenvalue weighted by atomic mass is 31.2. The van der Waals surface area contributed by atoms with Crippen LogP contribution in [0.15, 0.2) is 36.7 Å². The predicted molar refractivity (Wildman–Crippen MR) is 215 cm³/mol. The largest absolute Gasteiger partial charge is 0.472 e. The zero-order chi connectivity index (χ0) is 42.0. The van der Waals surface area contributed by atoms with Crippen LogP contribution < -0.4 is 5.73 Å². The van der Waals surface area contributed by atoms with Gasteiger partial charge in [-0.15, -0.1) is 0 Å². The first-order chi connectivity index (χ1) is 28.1. The first-order valence-corrected chi connectivity index (χ1v) is 21.9. The predicted octanol–water partition coefficient (Wildman–Crippen LogP) is 7.31. The van der Waals surface area contributed by atoms with Gasteiger partial charge < -0.3 is 35.1 Å². The first kappa shape index (κ1) is 48.2. The van der Waals surface area contributed by atoms with Gasteiger partial charge in [0, 0.05) is 6.61 Å². The Labute approximate surface area is 342 Å². The average molecular weight is 826 g/mol. The Morgan fingerprint density at radius 2 is 1.38 bits per heavy atom. The van der Waals surface area contributed by atoms with E-state index in [1.165, 1.54) is 112 Å². The molecule has 0 aliphatic carbocycles. The fourth-order valence-corrected chi connectivity index (χ4v) is 7.22. The van der Waals surface area contributed by atoms with E-state index >= 15 is 0 Å². The van der Waals surface area contributed by atoms with Gasteiger partial charge in [0.25, 0.3) is 6.26 Å². The molecule has 3 rings (SSSR count). The van der Waals surface area contributed by atoms with E-state index in [2.05, 4.69) is 17.0 Å². The van der Waals surface area contributed by atoms with E-state index in [1.807, 2.05) is 12.1 Å². The Balaban J connectivity index is 1.45. The molecule has 1 aromatic carbocycles. The number of fused-ring (bicyclic) bond motifs is 1. The number of hydrogen-bond donors (Lipinski definition) is 4. The Bertz CT molecular complexity index is 1780. The molecule has 1 unspecified atom stereocenters. The van der Waals surface area contributed by atoms with E-state index < -0.39 is 45.5 Å². The van der Waals surface area contributed by atoms with E-state index in [0.717, 1.165) is 25.6 Å². The van der Waals surface area contributed by atoms with Crippen molar-refractivity contribution in [1.82, 2.24) is 14.6 Å². The Kier molecular flexibility index (Phi) is 22.9. The minimum atomic E-state index is -4.85. The first-order valence-electron chi connectivity index (χ1n) is 20.4. The highest BCUT2D eigenvalue weighted by molar-refractivity contribution is 7.47. The van der Waals surface area contributed by atoms with Crippen LogP contribution in [-0.2, 0) is 34.4 Å². The number of nitrogens with two attached hydrogens (primary N) is 1. The maximum absolute atomic E-state index is 13.0. The van der Waals surface area contributed by atoms with Gasteiger partial charge in [-0.2, -0.15) is 20.9 Å². The Hall–Kier alpha value is -4.14. The molecule has 0 aliphatic heterocycles. The molecule has 17 heteroatoms. The molecule has 5 N–H and O–H groups in total.